The highest BCUT2D eigenvalue weighted by molar-refractivity contribution is 9.10. The lowest BCUT2D eigenvalue weighted by Crippen LogP contribution is -2.05. The van der Waals surface area contributed by atoms with Gasteiger partial charge in [0.1, 0.15) is 5.82 Å². The van der Waals surface area contributed by atoms with Crippen LogP contribution in [0.1, 0.15) is 18.4 Å². The molecule has 0 saturated heterocycles. The maximum absolute atomic E-state index is 5.24. The first-order valence-corrected chi connectivity index (χ1v) is 7.57. The van der Waals surface area contributed by atoms with E-state index in [4.69, 9.17) is 12.2 Å². The van der Waals surface area contributed by atoms with Crippen LogP contribution >= 0.6 is 28.1 Å². The molecule has 1 aromatic heterocycles. The van der Waals surface area contributed by atoms with E-state index in [0.717, 1.165) is 34.5 Å². The van der Waals surface area contributed by atoms with Gasteiger partial charge in [-0.05, 0) is 49.2 Å². The number of fused-ring (bicyclic) bond motifs is 1. The van der Waals surface area contributed by atoms with Crippen molar-refractivity contribution in [2.45, 2.75) is 19.3 Å². The number of aromatic amines is 1. The Bertz CT molecular complexity index is 666. The van der Waals surface area contributed by atoms with Crippen molar-refractivity contribution in [3.63, 3.8) is 0 Å². The predicted molar refractivity (Wildman–Crippen MR) is 84.0 cm³/mol. The van der Waals surface area contributed by atoms with Gasteiger partial charge in [0.25, 0.3) is 0 Å². The normalized spacial score (nSPS) is 14.4. The molecule has 0 unspecified atom stereocenters. The van der Waals surface area contributed by atoms with Crippen molar-refractivity contribution in [3.8, 4) is 11.3 Å². The lowest BCUT2D eigenvalue weighted by atomic mass is 10.0. The first kappa shape index (κ1) is 12.8. The number of hydrogen-bond acceptors (Lipinski definition) is 3. The lowest BCUT2D eigenvalue weighted by Gasteiger charge is -2.12. The molecule has 0 radical (unpaired) electrons. The number of rotatable bonds is 1. The number of halogens is 1. The fourth-order valence-corrected chi connectivity index (χ4v) is 3.00. The quantitative estimate of drug-likeness (QED) is 0.762. The van der Waals surface area contributed by atoms with Gasteiger partial charge in [-0.1, -0.05) is 28.1 Å². The van der Waals surface area contributed by atoms with Crippen molar-refractivity contribution < 1.29 is 0 Å². The van der Waals surface area contributed by atoms with Gasteiger partial charge in [-0.15, -0.1) is 0 Å². The smallest absolute Gasteiger partial charge is 0.199 e. The van der Waals surface area contributed by atoms with Gasteiger partial charge in [-0.2, -0.15) is 0 Å². The number of aromatic nitrogens is 2. The van der Waals surface area contributed by atoms with Crippen molar-refractivity contribution in [1.29, 1.82) is 0 Å². The molecule has 1 aromatic carbocycles. The molecule has 5 heteroatoms. The molecular formula is C14H14BrN3S. The number of anilines is 1. The van der Waals surface area contributed by atoms with Crippen molar-refractivity contribution in [2.24, 2.45) is 0 Å². The number of nitrogens with one attached hydrogen (secondary N) is 2. The van der Waals surface area contributed by atoms with Gasteiger partial charge in [0.15, 0.2) is 4.77 Å². The molecule has 1 aliphatic heterocycles. The van der Waals surface area contributed by atoms with Crippen LogP contribution in [0, 0.1) is 4.77 Å². The zero-order chi connectivity index (χ0) is 13.2. The number of H-pyrrole nitrogens is 1. The second kappa shape index (κ2) is 5.43. The minimum atomic E-state index is 0.531. The van der Waals surface area contributed by atoms with E-state index in [1.165, 1.54) is 18.4 Å². The highest BCUT2D eigenvalue weighted by atomic mass is 79.9. The van der Waals surface area contributed by atoms with Crippen LogP contribution in [0.15, 0.2) is 28.7 Å². The summed E-state index contributed by atoms with van der Waals surface area (Å²) in [5.41, 5.74) is 3.47. The third kappa shape index (κ3) is 2.72. The summed E-state index contributed by atoms with van der Waals surface area (Å²) in [5.74, 6) is 0.941. The molecule has 0 fully saturated rings. The Labute approximate surface area is 125 Å². The third-order valence-electron chi connectivity index (χ3n) is 3.29. The Hall–Kier alpha value is -1.20. The number of nitrogens with zero attached hydrogens (tertiary/aromatic N) is 1. The lowest BCUT2D eigenvalue weighted by molar-refractivity contribution is 0.785. The summed E-state index contributed by atoms with van der Waals surface area (Å²) in [5, 5.41) is 3.38. The molecular weight excluding hydrogens is 322 g/mol. The average molecular weight is 336 g/mol. The SMILES string of the molecule is S=c1nc2c(c(-c3cccc(Br)c3)[nH]1)CCCCN2. The van der Waals surface area contributed by atoms with Crippen LogP contribution in [0.3, 0.4) is 0 Å². The molecule has 3 rings (SSSR count). The predicted octanol–water partition coefficient (Wildman–Crippen LogP) is 4.32. The van der Waals surface area contributed by atoms with Gasteiger partial charge < -0.3 is 10.3 Å². The molecule has 0 aliphatic carbocycles. The van der Waals surface area contributed by atoms with Gasteiger partial charge in [-0.3, -0.25) is 0 Å². The van der Waals surface area contributed by atoms with E-state index in [2.05, 4.69) is 43.3 Å². The Morgan fingerprint density at radius 2 is 2.16 bits per heavy atom. The molecule has 0 spiro atoms. The third-order valence-corrected chi connectivity index (χ3v) is 3.98. The first-order chi connectivity index (χ1) is 9.24. The molecule has 3 nitrogen and oxygen atoms in total. The van der Waals surface area contributed by atoms with E-state index in [1.54, 1.807) is 0 Å². The minimum absolute atomic E-state index is 0.531. The first-order valence-electron chi connectivity index (χ1n) is 6.37. The van der Waals surface area contributed by atoms with Crippen LogP contribution < -0.4 is 5.32 Å². The molecule has 2 aromatic rings. The summed E-state index contributed by atoms with van der Waals surface area (Å²) in [7, 11) is 0. The molecule has 0 amide bonds. The summed E-state index contributed by atoms with van der Waals surface area (Å²) in [6, 6.07) is 8.26. The summed E-state index contributed by atoms with van der Waals surface area (Å²) < 4.78 is 1.60. The Balaban J connectivity index is 2.20. The van der Waals surface area contributed by atoms with Crippen LogP contribution in [0.5, 0.6) is 0 Å². The van der Waals surface area contributed by atoms with Crippen LogP contribution in [0.4, 0.5) is 5.82 Å². The van der Waals surface area contributed by atoms with Gasteiger partial charge >= 0.3 is 0 Å². The second-order valence-electron chi connectivity index (χ2n) is 4.64. The van der Waals surface area contributed by atoms with E-state index in [0.29, 0.717) is 4.77 Å². The van der Waals surface area contributed by atoms with Crippen molar-refractivity contribution >= 4 is 34.0 Å². The monoisotopic (exact) mass is 335 g/mol. The van der Waals surface area contributed by atoms with Crippen LogP contribution in [0.25, 0.3) is 11.3 Å². The second-order valence-corrected chi connectivity index (χ2v) is 5.94. The maximum Gasteiger partial charge on any atom is 0.199 e. The highest BCUT2D eigenvalue weighted by Gasteiger charge is 2.15. The minimum Gasteiger partial charge on any atom is -0.370 e. The highest BCUT2D eigenvalue weighted by Crippen LogP contribution is 2.30. The van der Waals surface area contributed by atoms with Crippen LogP contribution in [-0.4, -0.2) is 16.5 Å². The molecule has 0 saturated carbocycles. The largest absolute Gasteiger partial charge is 0.370 e. The zero-order valence-corrected chi connectivity index (χ0v) is 12.8. The summed E-state index contributed by atoms with van der Waals surface area (Å²) >= 11 is 8.76. The molecule has 2 N–H and O–H groups in total. The molecule has 0 atom stereocenters. The molecule has 19 heavy (non-hydrogen) atoms. The van der Waals surface area contributed by atoms with E-state index < -0.39 is 0 Å². The van der Waals surface area contributed by atoms with Gasteiger partial charge in [0.2, 0.25) is 0 Å². The molecule has 98 valence electrons. The van der Waals surface area contributed by atoms with Crippen LogP contribution in [-0.2, 0) is 6.42 Å². The van der Waals surface area contributed by atoms with E-state index in [9.17, 15) is 0 Å². The average Bonchev–Trinajstić information content (AvgIpc) is 2.63. The summed E-state index contributed by atoms with van der Waals surface area (Å²) in [6.45, 7) is 0.969. The fraction of sp³-hybridized carbons (Fsp3) is 0.286. The molecule has 0 bridgehead atoms. The van der Waals surface area contributed by atoms with Gasteiger partial charge in [0, 0.05) is 16.6 Å². The standard InChI is InChI=1S/C14H14BrN3S/c15-10-5-3-4-9(8-10)12-11-6-1-2-7-16-13(11)18-14(19)17-12/h3-5,8H,1-2,6-7H2,(H2,16,17,18,19). The van der Waals surface area contributed by atoms with Gasteiger partial charge in [-0.25, -0.2) is 4.98 Å². The molecule has 1 aliphatic rings. The molecule has 2 heterocycles. The van der Waals surface area contributed by atoms with Crippen molar-refractivity contribution in [1.82, 2.24) is 9.97 Å². The van der Waals surface area contributed by atoms with E-state index in [-0.39, 0.29) is 0 Å². The Morgan fingerprint density at radius 1 is 1.26 bits per heavy atom. The number of benzene rings is 1. The maximum atomic E-state index is 5.24. The van der Waals surface area contributed by atoms with E-state index >= 15 is 0 Å². The van der Waals surface area contributed by atoms with Gasteiger partial charge in [0.05, 0.1) is 5.69 Å². The van der Waals surface area contributed by atoms with Crippen molar-refractivity contribution in [3.05, 3.63) is 39.1 Å². The Kier molecular flexibility index (Phi) is 3.66. The summed E-state index contributed by atoms with van der Waals surface area (Å²) in [4.78, 5) is 7.67. The Morgan fingerprint density at radius 3 is 3.00 bits per heavy atom. The topological polar surface area (TPSA) is 40.7 Å². The zero-order valence-electron chi connectivity index (χ0n) is 10.4. The van der Waals surface area contributed by atoms with Crippen LogP contribution in [0.2, 0.25) is 0 Å². The fourth-order valence-electron chi connectivity index (χ4n) is 2.41. The van der Waals surface area contributed by atoms with E-state index in [1.807, 2.05) is 12.1 Å². The number of hydrogen-bond donors (Lipinski definition) is 2. The van der Waals surface area contributed by atoms with Crippen molar-refractivity contribution in [2.75, 3.05) is 11.9 Å². The summed E-state index contributed by atoms with van der Waals surface area (Å²) in [6.07, 6.45) is 3.37.